The fraction of sp³-hybridized carbons (Fsp3) is 0.229. The van der Waals surface area contributed by atoms with Gasteiger partial charge in [0.05, 0.1) is 17.3 Å². The molecule has 3 heterocycles. The van der Waals surface area contributed by atoms with Crippen LogP contribution in [0.4, 0.5) is 10.5 Å². The number of likely N-dealkylation sites (N-methyl/N-ethyl adjacent to an activating group) is 1. The number of carbonyl (C=O) groups is 2. The summed E-state index contributed by atoms with van der Waals surface area (Å²) in [5, 5.41) is 12.5. The van der Waals surface area contributed by atoms with Gasteiger partial charge in [-0.15, -0.1) is 0 Å². The molecule has 2 aliphatic heterocycles. The molecule has 9 heteroatoms. The average molecular weight is 623 g/mol. The highest BCUT2D eigenvalue weighted by atomic mass is 35.5. The van der Waals surface area contributed by atoms with Gasteiger partial charge in [-0.3, -0.25) is 9.69 Å². The Morgan fingerprint density at radius 1 is 0.909 bits per heavy atom. The predicted molar refractivity (Wildman–Crippen MR) is 174 cm³/mol. The molecular formula is C35H29Cl2N5O2. The molecule has 0 bridgehead atoms. The molecule has 5 aromatic rings. The molecule has 1 aromatic heterocycles. The number of fused-ring (bicyclic) bond motifs is 3. The van der Waals surface area contributed by atoms with Crippen LogP contribution in [0.3, 0.4) is 0 Å². The molecule has 0 saturated carbocycles. The first-order valence-electron chi connectivity index (χ1n) is 14.6. The molecule has 3 amide bonds. The van der Waals surface area contributed by atoms with Crippen molar-refractivity contribution in [3.63, 3.8) is 0 Å². The summed E-state index contributed by atoms with van der Waals surface area (Å²) in [5.74, 6) is -0.649. The summed E-state index contributed by atoms with van der Waals surface area (Å²) in [5.41, 5.74) is 4.14. The fourth-order valence-corrected chi connectivity index (χ4v) is 7.73. The Balaban J connectivity index is 1.29. The molecular weight excluding hydrogens is 593 g/mol. The largest absolute Gasteiger partial charge is 0.341 e. The topological polar surface area (TPSA) is 72.6 Å². The van der Waals surface area contributed by atoms with Crippen LogP contribution in [0.5, 0.6) is 0 Å². The number of rotatable bonds is 5. The van der Waals surface area contributed by atoms with Crippen LogP contribution in [0.25, 0.3) is 21.8 Å². The van der Waals surface area contributed by atoms with Crippen molar-refractivity contribution in [3.05, 3.63) is 112 Å². The van der Waals surface area contributed by atoms with Crippen molar-refractivity contribution in [2.75, 3.05) is 25.0 Å². The molecule has 0 radical (unpaired) electrons. The predicted octanol–water partition coefficient (Wildman–Crippen LogP) is 7.43. The number of amides is 3. The second kappa shape index (κ2) is 10.7. The van der Waals surface area contributed by atoms with Crippen molar-refractivity contribution in [1.29, 1.82) is 5.26 Å². The summed E-state index contributed by atoms with van der Waals surface area (Å²) < 4.78 is 2.33. The first-order chi connectivity index (χ1) is 21.2. The Morgan fingerprint density at radius 2 is 1.61 bits per heavy atom. The average Bonchev–Trinajstić information content (AvgIpc) is 3.61. The maximum atomic E-state index is 14.5. The highest BCUT2D eigenvalue weighted by Crippen LogP contribution is 2.47. The zero-order valence-corrected chi connectivity index (χ0v) is 25.8. The SMILES string of the molecule is CCn1c2ccccc2c2cc(CN3C[C@@H](c4ccc(C#N)cc4)[C@]4(C3)C(=O)N(c3cc(Cl)cc(Cl)c3)C(=O)N4C)ccc21. The minimum atomic E-state index is -1.16. The number of nitrogens with zero attached hydrogens (tertiary/aromatic N) is 5. The van der Waals surface area contributed by atoms with Crippen LogP contribution in [-0.4, -0.2) is 52.0 Å². The van der Waals surface area contributed by atoms with Gasteiger partial charge >= 0.3 is 6.03 Å². The number of hydrogen-bond donors (Lipinski definition) is 0. The first-order valence-corrected chi connectivity index (χ1v) is 15.3. The molecule has 2 fully saturated rings. The molecule has 0 N–H and O–H groups in total. The second-order valence-electron chi connectivity index (χ2n) is 11.6. The van der Waals surface area contributed by atoms with Gasteiger partial charge in [0.25, 0.3) is 5.91 Å². The smallest absolute Gasteiger partial charge is 0.332 e. The van der Waals surface area contributed by atoms with Crippen molar-refractivity contribution >= 4 is 62.6 Å². The lowest BCUT2D eigenvalue weighted by Gasteiger charge is -2.34. The number of urea groups is 1. The number of nitriles is 1. The Bertz CT molecular complexity index is 1990. The van der Waals surface area contributed by atoms with Crippen molar-refractivity contribution in [1.82, 2.24) is 14.4 Å². The summed E-state index contributed by atoms with van der Waals surface area (Å²) in [6.45, 7) is 4.53. The van der Waals surface area contributed by atoms with Gasteiger partial charge in [0.15, 0.2) is 0 Å². The van der Waals surface area contributed by atoms with Gasteiger partial charge in [-0.1, -0.05) is 59.6 Å². The molecule has 2 aliphatic rings. The maximum Gasteiger partial charge on any atom is 0.332 e. The van der Waals surface area contributed by atoms with E-state index >= 15 is 0 Å². The van der Waals surface area contributed by atoms with E-state index in [4.69, 9.17) is 23.2 Å². The van der Waals surface area contributed by atoms with Crippen LogP contribution in [0.15, 0.2) is 84.9 Å². The molecule has 0 unspecified atom stereocenters. The van der Waals surface area contributed by atoms with E-state index in [2.05, 4.69) is 64.9 Å². The maximum absolute atomic E-state index is 14.5. The summed E-state index contributed by atoms with van der Waals surface area (Å²) in [4.78, 5) is 33.4. The van der Waals surface area contributed by atoms with Crippen LogP contribution < -0.4 is 4.90 Å². The second-order valence-corrected chi connectivity index (χ2v) is 12.5. The van der Waals surface area contributed by atoms with Gasteiger partial charge in [-0.2, -0.15) is 5.26 Å². The normalized spacial score (nSPS) is 20.5. The van der Waals surface area contributed by atoms with Gasteiger partial charge in [0.2, 0.25) is 0 Å². The molecule has 1 spiro atoms. The van der Waals surface area contributed by atoms with Gasteiger partial charge in [0.1, 0.15) is 5.54 Å². The number of aromatic nitrogens is 1. The van der Waals surface area contributed by atoms with Crippen LogP contribution in [0, 0.1) is 11.3 Å². The Labute approximate surface area is 265 Å². The third-order valence-electron chi connectivity index (χ3n) is 9.24. The third kappa shape index (κ3) is 4.28. The van der Waals surface area contributed by atoms with E-state index in [-0.39, 0.29) is 11.8 Å². The lowest BCUT2D eigenvalue weighted by atomic mass is 9.80. The van der Waals surface area contributed by atoms with Crippen LogP contribution in [0.2, 0.25) is 10.0 Å². The number of imide groups is 1. The number of carbonyl (C=O) groups excluding carboxylic acids is 2. The molecule has 4 aromatic carbocycles. The number of para-hydroxylation sites is 1. The van der Waals surface area contributed by atoms with E-state index in [1.165, 1.54) is 26.7 Å². The number of hydrogen-bond acceptors (Lipinski definition) is 4. The zero-order valence-electron chi connectivity index (χ0n) is 24.3. The Morgan fingerprint density at radius 3 is 2.32 bits per heavy atom. The highest BCUT2D eigenvalue weighted by Gasteiger charge is 2.64. The summed E-state index contributed by atoms with van der Waals surface area (Å²) in [7, 11) is 1.69. The molecule has 2 saturated heterocycles. The molecule has 2 atom stereocenters. The quantitative estimate of drug-likeness (QED) is 0.191. The van der Waals surface area contributed by atoms with E-state index in [1.807, 2.05) is 12.1 Å². The zero-order chi connectivity index (χ0) is 30.7. The highest BCUT2D eigenvalue weighted by molar-refractivity contribution is 6.36. The van der Waals surface area contributed by atoms with Gasteiger partial charge in [0, 0.05) is 71.0 Å². The third-order valence-corrected chi connectivity index (χ3v) is 9.68. The van der Waals surface area contributed by atoms with Gasteiger partial charge < -0.3 is 9.47 Å². The minimum absolute atomic E-state index is 0.318. The van der Waals surface area contributed by atoms with E-state index in [1.54, 1.807) is 42.3 Å². The fourth-order valence-electron chi connectivity index (χ4n) is 7.21. The summed E-state index contributed by atoms with van der Waals surface area (Å²) in [6, 6.07) is 28.8. The van der Waals surface area contributed by atoms with Gasteiger partial charge in [-0.05, 0) is 66.6 Å². The number of likely N-dealkylation sites (tertiary alicyclic amines) is 1. The number of aryl methyl sites for hydroxylation is 1. The molecule has 220 valence electrons. The number of anilines is 1. The van der Waals surface area contributed by atoms with Crippen LogP contribution >= 0.6 is 23.2 Å². The molecule has 7 nitrogen and oxygen atoms in total. The monoisotopic (exact) mass is 621 g/mol. The van der Waals surface area contributed by atoms with Gasteiger partial charge in [-0.25, -0.2) is 9.69 Å². The Hall–Kier alpha value is -4.35. The van der Waals surface area contributed by atoms with Crippen LogP contribution in [-0.2, 0) is 17.9 Å². The first kappa shape index (κ1) is 28.4. The van der Waals surface area contributed by atoms with Crippen molar-refractivity contribution in [2.24, 2.45) is 0 Å². The number of halogens is 2. The lowest BCUT2D eigenvalue weighted by molar-refractivity contribution is -0.124. The van der Waals surface area contributed by atoms with Crippen molar-refractivity contribution < 1.29 is 9.59 Å². The summed E-state index contributed by atoms with van der Waals surface area (Å²) >= 11 is 12.6. The minimum Gasteiger partial charge on any atom is -0.341 e. The summed E-state index contributed by atoms with van der Waals surface area (Å²) in [6.07, 6.45) is 0. The van der Waals surface area contributed by atoms with E-state index in [9.17, 15) is 14.9 Å². The van der Waals surface area contributed by atoms with E-state index < -0.39 is 11.6 Å². The van der Waals surface area contributed by atoms with E-state index in [0.717, 1.165) is 17.7 Å². The molecule has 7 rings (SSSR count). The lowest BCUT2D eigenvalue weighted by Crippen LogP contribution is -2.53. The molecule has 44 heavy (non-hydrogen) atoms. The Kier molecular flexibility index (Phi) is 6.89. The number of benzene rings is 4. The standard InChI is InChI=1S/C35H29Cl2N5O2/c1-3-41-31-7-5-4-6-28(31)29-14-23(10-13-32(29)41)19-40-20-30(24-11-8-22(18-38)9-12-24)35(21-40)33(43)42(34(44)39(35)2)27-16-25(36)15-26(37)17-27/h4-17,30H,3,19-21H2,1-2H3/t30-,35+/m0/s1. The molecule has 0 aliphatic carbocycles. The van der Waals surface area contributed by atoms with Crippen molar-refractivity contribution in [2.45, 2.75) is 31.5 Å². The van der Waals surface area contributed by atoms with Crippen LogP contribution in [0.1, 0.15) is 29.5 Å². The van der Waals surface area contributed by atoms with Crippen molar-refractivity contribution in [3.8, 4) is 6.07 Å². The van der Waals surface area contributed by atoms with E-state index in [0.29, 0.717) is 40.9 Å².